The lowest BCUT2D eigenvalue weighted by Crippen LogP contribution is -2.33. The molecule has 1 unspecified atom stereocenters. The number of aryl methyl sites for hydroxylation is 1. The number of rotatable bonds is 4. The molecule has 0 aromatic heterocycles. The van der Waals surface area contributed by atoms with E-state index in [1.54, 1.807) is 11.8 Å². The van der Waals surface area contributed by atoms with E-state index in [1.807, 2.05) is 31.2 Å². The minimum Gasteiger partial charge on any atom is -0.481 e. The second-order valence-electron chi connectivity index (χ2n) is 5.17. The number of carbonyl (C=O) groups excluding carboxylic acids is 1. The Balaban J connectivity index is 2.09. The van der Waals surface area contributed by atoms with Crippen molar-refractivity contribution in [3.63, 3.8) is 0 Å². The van der Waals surface area contributed by atoms with E-state index < -0.39 is 17.7 Å². The highest BCUT2D eigenvalue weighted by Gasteiger charge is 2.42. The topological polar surface area (TPSA) is 66.8 Å². The summed E-state index contributed by atoms with van der Waals surface area (Å²) in [5.74, 6) is -0.965. The van der Waals surface area contributed by atoms with Gasteiger partial charge in [0, 0.05) is 6.54 Å². The van der Waals surface area contributed by atoms with Crippen LogP contribution in [0.25, 0.3) is 0 Å². The summed E-state index contributed by atoms with van der Waals surface area (Å²) in [6.07, 6.45) is -0.629. The van der Waals surface area contributed by atoms with Crippen LogP contribution in [0.15, 0.2) is 24.3 Å². The zero-order chi connectivity index (χ0) is 14.0. The lowest BCUT2D eigenvalue weighted by atomic mass is 10.0. The Hall–Kier alpha value is -2.04. The molecule has 1 aromatic rings. The van der Waals surface area contributed by atoms with Gasteiger partial charge in [0.1, 0.15) is 5.60 Å². The second-order valence-corrected chi connectivity index (χ2v) is 5.17. The van der Waals surface area contributed by atoms with Crippen molar-refractivity contribution >= 4 is 12.1 Å². The molecule has 1 saturated heterocycles. The van der Waals surface area contributed by atoms with Gasteiger partial charge in [-0.05, 0) is 25.0 Å². The van der Waals surface area contributed by atoms with Gasteiger partial charge in [0.15, 0.2) is 0 Å². The van der Waals surface area contributed by atoms with Crippen LogP contribution in [0.4, 0.5) is 4.79 Å². The van der Waals surface area contributed by atoms with Crippen LogP contribution in [0.1, 0.15) is 24.5 Å². The number of carboxylic acids is 1. The van der Waals surface area contributed by atoms with Crippen LogP contribution < -0.4 is 0 Å². The molecular formula is C14H17NO4. The fraction of sp³-hybridized carbons (Fsp3) is 0.429. The van der Waals surface area contributed by atoms with Crippen LogP contribution in [-0.2, 0) is 16.1 Å². The van der Waals surface area contributed by atoms with Gasteiger partial charge in [0.2, 0.25) is 0 Å². The maximum absolute atomic E-state index is 11.8. The van der Waals surface area contributed by atoms with Crippen LogP contribution in [0.2, 0.25) is 0 Å². The summed E-state index contributed by atoms with van der Waals surface area (Å²) in [5.41, 5.74) is 1.20. The molecule has 1 amide bonds. The first-order valence-electron chi connectivity index (χ1n) is 6.14. The minimum absolute atomic E-state index is 0.178. The summed E-state index contributed by atoms with van der Waals surface area (Å²) in [5, 5.41) is 8.84. The fourth-order valence-corrected chi connectivity index (χ4v) is 2.30. The molecule has 1 heterocycles. The lowest BCUT2D eigenvalue weighted by molar-refractivity contribution is -0.140. The molecule has 1 aromatic carbocycles. The molecular weight excluding hydrogens is 246 g/mol. The number of carbonyl (C=O) groups is 2. The third kappa shape index (κ3) is 3.05. The van der Waals surface area contributed by atoms with Crippen molar-refractivity contribution in [3.05, 3.63) is 35.4 Å². The van der Waals surface area contributed by atoms with Gasteiger partial charge >= 0.3 is 12.1 Å². The number of hydrogen-bond donors (Lipinski definition) is 1. The first-order valence-corrected chi connectivity index (χ1v) is 6.14. The first-order chi connectivity index (χ1) is 8.89. The Bertz CT molecular complexity index is 514. The number of cyclic esters (lactones) is 1. The van der Waals surface area contributed by atoms with Gasteiger partial charge in [-0.3, -0.25) is 9.69 Å². The van der Waals surface area contributed by atoms with E-state index in [9.17, 15) is 9.59 Å². The molecule has 102 valence electrons. The molecule has 1 atom stereocenters. The van der Waals surface area contributed by atoms with Crippen molar-refractivity contribution in [1.82, 2.24) is 4.90 Å². The van der Waals surface area contributed by atoms with Crippen LogP contribution in [0.3, 0.4) is 0 Å². The number of nitrogens with zero attached hydrogens (tertiary/aromatic N) is 1. The van der Waals surface area contributed by atoms with Crippen molar-refractivity contribution in [2.24, 2.45) is 0 Å². The second kappa shape index (κ2) is 4.91. The number of benzene rings is 1. The lowest BCUT2D eigenvalue weighted by Gasteiger charge is -2.19. The number of ether oxygens (including phenoxy) is 1. The minimum atomic E-state index is -0.965. The summed E-state index contributed by atoms with van der Waals surface area (Å²) in [6, 6.07) is 7.79. The number of carboxylic acid groups (broad SMARTS) is 1. The van der Waals surface area contributed by atoms with E-state index >= 15 is 0 Å². The quantitative estimate of drug-likeness (QED) is 0.904. The van der Waals surface area contributed by atoms with Crippen molar-refractivity contribution in [3.8, 4) is 0 Å². The molecule has 0 saturated carbocycles. The Morgan fingerprint density at radius 3 is 2.79 bits per heavy atom. The van der Waals surface area contributed by atoms with Crippen LogP contribution >= 0.6 is 0 Å². The summed E-state index contributed by atoms with van der Waals surface area (Å²) >= 11 is 0. The van der Waals surface area contributed by atoms with Crippen LogP contribution in [0.5, 0.6) is 0 Å². The van der Waals surface area contributed by atoms with E-state index in [2.05, 4.69) is 0 Å². The van der Waals surface area contributed by atoms with Gasteiger partial charge in [-0.25, -0.2) is 4.79 Å². The smallest absolute Gasteiger partial charge is 0.410 e. The predicted octanol–water partition coefficient (Wildman–Crippen LogP) is 2.18. The number of aliphatic carboxylic acids is 1. The number of amides is 1. The molecule has 2 rings (SSSR count). The highest BCUT2D eigenvalue weighted by atomic mass is 16.6. The third-order valence-electron chi connectivity index (χ3n) is 3.26. The van der Waals surface area contributed by atoms with Gasteiger partial charge in [0.25, 0.3) is 0 Å². The molecule has 0 bridgehead atoms. The maximum Gasteiger partial charge on any atom is 0.410 e. The van der Waals surface area contributed by atoms with Crippen molar-refractivity contribution in [2.45, 2.75) is 32.4 Å². The predicted molar refractivity (Wildman–Crippen MR) is 68.7 cm³/mol. The Kier molecular flexibility index (Phi) is 3.46. The standard InChI is InChI=1S/C14H17NO4/c1-10-5-3-4-6-11(10)8-15-9-14(2,7-12(16)17)19-13(15)18/h3-6H,7-9H2,1-2H3,(H,16,17). The van der Waals surface area contributed by atoms with Gasteiger partial charge in [-0.15, -0.1) is 0 Å². The summed E-state index contributed by atoms with van der Waals surface area (Å²) in [6.45, 7) is 4.37. The van der Waals surface area contributed by atoms with Gasteiger partial charge < -0.3 is 9.84 Å². The Labute approximate surface area is 111 Å². The van der Waals surface area contributed by atoms with E-state index in [0.29, 0.717) is 13.1 Å². The molecule has 19 heavy (non-hydrogen) atoms. The highest BCUT2D eigenvalue weighted by Crippen LogP contribution is 2.27. The first kappa shape index (κ1) is 13.4. The molecule has 0 spiro atoms. The monoisotopic (exact) mass is 263 g/mol. The van der Waals surface area contributed by atoms with Gasteiger partial charge in [-0.2, -0.15) is 0 Å². The average Bonchev–Trinajstić information content (AvgIpc) is 2.55. The summed E-state index contributed by atoms with van der Waals surface area (Å²) in [4.78, 5) is 24.1. The van der Waals surface area contributed by atoms with Crippen LogP contribution in [0, 0.1) is 6.92 Å². The molecule has 5 heteroatoms. The van der Waals surface area contributed by atoms with Gasteiger partial charge in [0.05, 0.1) is 13.0 Å². The molecule has 1 fully saturated rings. The normalized spacial score (nSPS) is 22.4. The highest BCUT2D eigenvalue weighted by molar-refractivity contribution is 5.74. The third-order valence-corrected chi connectivity index (χ3v) is 3.26. The Morgan fingerprint density at radius 2 is 2.16 bits per heavy atom. The van der Waals surface area contributed by atoms with E-state index in [4.69, 9.17) is 9.84 Å². The molecule has 0 aliphatic carbocycles. The SMILES string of the molecule is Cc1ccccc1CN1CC(C)(CC(=O)O)OC1=O. The fourth-order valence-electron chi connectivity index (χ4n) is 2.30. The molecule has 0 radical (unpaired) electrons. The largest absolute Gasteiger partial charge is 0.481 e. The van der Waals surface area contributed by atoms with E-state index in [1.165, 1.54) is 0 Å². The van der Waals surface area contributed by atoms with Crippen molar-refractivity contribution in [2.75, 3.05) is 6.54 Å². The van der Waals surface area contributed by atoms with E-state index in [-0.39, 0.29) is 6.42 Å². The van der Waals surface area contributed by atoms with Gasteiger partial charge in [-0.1, -0.05) is 24.3 Å². The average molecular weight is 263 g/mol. The van der Waals surface area contributed by atoms with Crippen molar-refractivity contribution in [1.29, 1.82) is 0 Å². The molecule has 5 nitrogen and oxygen atoms in total. The summed E-state index contributed by atoms with van der Waals surface area (Å²) in [7, 11) is 0. The molecule has 1 aliphatic heterocycles. The van der Waals surface area contributed by atoms with Crippen LogP contribution in [-0.4, -0.2) is 34.2 Å². The molecule has 1 aliphatic rings. The zero-order valence-corrected chi connectivity index (χ0v) is 11.0. The number of hydrogen-bond acceptors (Lipinski definition) is 3. The van der Waals surface area contributed by atoms with Crippen molar-refractivity contribution < 1.29 is 19.4 Å². The molecule has 1 N–H and O–H groups in total. The summed E-state index contributed by atoms with van der Waals surface area (Å²) < 4.78 is 5.19. The maximum atomic E-state index is 11.8. The Morgan fingerprint density at radius 1 is 1.47 bits per heavy atom. The zero-order valence-electron chi connectivity index (χ0n) is 11.0. The van der Waals surface area contributed by atoms with E-state index in [0.717, 1.165) is 11.1 Å².